The fourth-order valence-electron chi connectivity index (χ4n) is 2.17. The Bertz CT molecular complexity index is 610. The number of carboxylic acid groups (broad SMARTS) is 1. The number of amides is 2. The lowest BCUT2D eigenvalue weighted by Crippen LogP contribution is -2.56. The Kier molecular flexibility index (Phi) is 5.97. The van der Waals surface area contributed by atoms with Crippen molar-refractivity contribution in [3.05, 3.63) is 9.90 Å². The number of carboxylic acids is 1. The molecular weight excluding hydrogens is 387 g/mol. The molecule has 0 radical (unpaired) electrons. The zero-order chi connectivity index (χ0) is 17.9. The topological polar surface area (TPSA) is 122 Å². The van der Waals surface area contributed by atoms with Crippen molar-refractivity contribution < 1.29 is 33.9 Å². The van der Waals surface area contributed by atoms with Crippen LogP contribution in [0, 0.1) is 0 Å². The molecule has 12 heteroatoms. The highest BCUT2D eigenvalue weighted by Crippen LogP contribution is 2.34. The molecule has 2 fully saturated rings. The van der Waals surface area contributed by atoms with Crippen molar-refractivity contribution >= 4 is 58.7 Å². The average Bonchev–Trinajstić information content (AvgIpc) is 3.04. The quantitative estimate of drug-likeness (QED) is 0.615. The van der Waals surface area contributed by atoms with Crippen LogP contribution in [-0.4, -0.2) is 58.0 Å². The van der Waals surface area contributed by atoms with Crippen LogP contribution in [0.1, 0.15) is 12.8 Å². The summed E-state index contributed by atoms with van der Waals surface area (Å²) in [6.45, 7) is -0.270. The Morgan fingerprint density at radius 3 is 2.71 bits per heavy atom. The van der Waals surface area contributed by atoms with Gasteiger partial charge in [0, 0.05) is 11.8 Å². The van der Waals surface area contributed by atoms with E-state index in [4.69, 9.17) is 32.8 Å². The first kappa shape index (κ1) is 18.8. The minimum Gasteiger partial charge on any atom is -0.477 e. The van der Waals surface area contributed by atoms with Gasteiger partial charge in [-0.25, -0.2) is 4.79 Å². The maximum atomic E-state index is 12.3. The van der Waals surface area contributed by atoms with E-state index in [1.165, 1.54) is 5.41 Å². The first-order valence-corrected chi connectivity index (χ1v) is 8.41. The van der Waals surface area contributed by atoms with Gasteiger partial charge in [-0.3, -0.25) is 19.2 Å². The van der Waals surface area contributed by atoms with E-state index in [1.54, 1.807) is 0 Å². The average molecular weight is 399 g/mol. The number of rotatable bonds is 6. The lowest BCUT2D eigenvalue weighted by Gasteiger charge is -2.30. The molecule has 0 aromatic rings. The van der Waals surface area contributed by atoms with Gasteiger partial charge in [0.1, 0.15) is 17.1 Å². The fraction of sp³-hybridized carbons (Fsp3) is 0.500. The summed E-state index contributed by atoms with van der Waals surface area (Å²) >= 11 is 11.8. The summed E-state index contributed by atoms with van der Waals surface area (Å²) in [6.07, 6.45) is -0.388. The van der Waals surface area contributed by atoms with E-state index >= 15 is 0 Å². The van der Waals surface area contributed by atoms with Crippen LogP contribution in [0.3, 0.4) is 0 Å². The predicted molar refractivity (Wildman–Crippen MR) is 82.7 cm³/mol. The van der Waals surface area contributed by atoms with Gasteiger partial charge in [0.15, 0.2) is 0 Å². The maximum absolute atomic E-state index is 12.3. The third-order valence-electron chi connectivity index (χ3n) is 3.20. The minimum atomic E-state index is -2.20. The van der Waals surface area contributed by atoms with Crippen LogP contribution >= 0.6 is 35.0 Å². The molecule has 2 aliphatic rings. The van der Waals surface area contributed by atoms with E-state index in [1.807, 2.05) is 0 Å². The fourth-order valence-corrected chi connectivity index (χ4v) is 2.99. The normalized spacial score (nSPS) is 26.2. The van der Waals surface area contributed by atoms with E-state index < -0.39 is 35.5 Å². The molecule has 2 rings (SSSR count). The zero-order valence-corrected chi connectivity index (χ0v) is 14.3. The molecule has 2 amide bonds. The second-order valence-electron chi connectivity index (χ2n) is 4.83. The van der Waals surface area contributed by atoms with Crippen molar-refractivity contribution in [1.82, 2.24) is 10.4 Å². The van der Waals surface area contributed by atoms with Gasteiger partial charge in [0.2, 0.25) is 5.91 Å². The molecule has 1 unspecified atom stereocenters. The van der Waals surface area contributed by atoms with Gasteiger partial charge in [-0.2, -0.15) is 5.06 Å². The number of carbonyl (C=O) groups is 4. The Morgan fingerprint density at radius 1 is 1.46 bits per heavy atom. The minimum absolute atomic E-state index is 0.00861. The Balaban J connectivity index is 1.99. The van der Waals surface area contributed by atoms with Crippen LogP contribution in [0.5, 0.6) is 0 Å². The van der Waals surface area contributed by atoms with Crippen LogP contribution < -0.4 is 5.32 Å². The van der Waals surface area contributed by atoms with Crippen molar-refractivity contribution in [2.45, 2.75) is 24.6 Å². The third-order valence-corrected chi connectivity index (χ3v) is 4.51. The molecule has 2 aliphatic heterocycles. The number of cyclic esters (lactones) is 1. The summed E-state index contributed by atoms with van der Waals surface area (Å²) in [4.78, 5) is 51.9. The van der Waals surface area contributed by atoms with Gasteiger partial charge in [-0.15, -0.1) is 11.8 Å². The van der Waals surface area contributed by atoms with Crippen molar-refractivity contribution in [3.63, 3.8) is 0 Å². The van der Waals surface area contributed by atoms with Crippen LogP contribution in [-0.2, 0) is 28.8 Å². The van der Waals surface area contributed by atoms with E-state index in [9.17, 15) is 24.3 Å². The monoisotopic (exact) mass is 398 g/mol. The molecule has 0 bridgehead atoms. The van der Waals surface area contributed by atoms with Crippen molar-refractivity contribution in [2.75, 3.05) is 12.4 Å². The number of nitrogens with zero attached hydrogens (tertiary/aromatic N) is 1. The number of halogens is 2. The lowest BCUT2D eigenvalue weighted by molar-refractivity contribution is -0.256. The molecule has 2 atom stereocenters. The Morgan fingerprint density at radius 2 is 2.17 bits per heavy atom. The molecule has 24 heavy (non-hydrogen) atoms. The maximum Gasteiger partial charge on any atom is 0.372 e. The summed E-state index contributed by atoms with van der Waals surface area (Å²) < 4.78 is 4.79. The highest BCUT2D eigenvalue weighted by molar-refractivity contribution is 8.02. The Hall–Kier alpha value is -1.49. The van der Waals surface area contributed by atoms with Crippen LogP contribution in [0.2, 0.25) is 0 Å². The number of aliphatic carboxylic acids is 1. The summed E-state index contributed by atoms with van der Waals surface area (Å²) in [5.74, 6) is -3.63. The van der Waals surface area contributed by atoms with E-state index in [-0.39, 0.29) is 29.7 Å². The molecule has 0 saturated carbocycles. The number of hydrogen-bond donors (Lipinski definition) is 2. The molecule has 0 aromatic heterocycles. The molecule has 2 saturated heterocycles. The van der Waals surface area contributed by atoms with Gasteiger partial charge in [-0.1, -0.05) is 23.2 Å². The van der Waals surface area contributed by atoms with Crippen molar-refractivity contribution in [1.29, 1.82) is 0 Å². The first-order valence-electron chi connectivity index (χ1n) is 6.60. The predicted octanol–water partition coefficient (Wildman–Crippen LogP) is 0.373. The number of hydroxylamine groups is 2. The van der Waals surface area contributed by atoms with Crippen LogP contribution in [0.15, 0.2) is 9.90 Å². The number of nitrogens with one attached hydrogen (secondary N) is 1. The van der Waals surface area contributed by atoms with E-state index in [0.29, 0.717) is 5.06 Å². The van der Waals surface area contributed by atoms with Crippen molar-refractivity contribution in [2.24, 2.45) is 0 Å². The molecule has 9 nitrogen and oxygen atoms in total. The summed E-state index contributed by atoms with van der Waals surface area (Å²) in [7, 11) is 0. The number of carbonyl (C=O) groups excluding carboxylic acids is 3. The SMILES string of the molecule is O=C(CSC=C(Cl)Cl)N[C@H]1CON(C2(C(=O)O)CCC(=O)O2)C1=O. The van der Waals surface area contributed by atoms with E-state index in [2.05, 4.69) is 5.32 Å². The number of hydrogen-bond acceptors (Lipinski definition) is 7. The largest absolute Gasteiger partial charge is 0.477 e. The van der Waals surface area contributed by atoms with E-state index in [0.717, 1.165) is 11.8 Å². The van der Waals surface area contributed by atoms with Gasteiger partial charge in [0.25, 0.3) is 5.91 Å². The zero-order valence-electron chi connectivity index (χ0n) is 12.0. The van der Waals surface area contributed by atoms with Gasteiger partial charge in [-0.05, 0) is 0 Å². The first-order chi connectivity index (χ1) is 11.3. The molecule has 2 N–H and O–H groups in total. The number of esters is 1. The van der Waals surface area contributed by atoms with Gasteiger partial charge < -0.3 is 15.2 Å². The van der Waals surface area contributed by atoms with Gasteiger partial charge >= 0.3 is 17.7 Å². The number of thioether (sulfide) groups is 1. The summed E-state index contributed by atoms with van der Waals surface area (Å²) in [5.41, 5.74) is -2.20. The lowest BCUT2D eigenvalue weighted by atomic mass is 10.1. The second-order valence-corrected chi connectivity index (χ2v) is 6.70. The summed E-state index contributed by atoms with van der Waals surface area (Å²) in [6, 6.07) is -1.08. The van der Waals surface area contributed by atoms with Gasteiger partial charge in [0.05, 0.1) is 12.2 Å². The highest BCUT2D eigenvalue weighted by Gasteiger charge is 2.59. The van der Waals surface area contributed by atoms with Crippen LogP contribution in [0.4, 0.5) is 0 Å². The molecule has 0 aromatic carbocycles. The molecular formula is C12H12Cl2N2O7S. The Labute approximate surface area is 150 Å². The molecule has 0 aliphatic carbocycles. The van der Waals surface area contributed by atoms with Crippen molar-refractivity contribution in [3.8, 4) is 0 Å². The summed E-state index contributed by atoms with van der Waals surface area (Å²) in [5, 5.41) is 13.6. The molecule has 132 valence electrons. The second kappa shape index (κ2) is 7.60. The van der Waals surface area contributed by atoms with Crippen LogP contribution in [0.25, 0.3) is 0 Å². The molecule has 2 heterocycles. The third kappa shape index (κ3) is 3.94. The highest BCUT2D eigenvalue weighted by atomic mass is 35.5. The molecule has 0 spiro atoms. The number of ether oxygens (including phenoxy) is 1. The standard InChI is InChI=1S/C12H12Cl2N2O7S/c13-7(14)4-24-5-8(17)15-6-3-22-16(10(6)19)12(11(20)21)2-1-9(18)23-12/h4,6H,1-3,5H2,(H,15,17)(H,20,21)/t6-,12?/m0/s1. The smallest absolute Gasteiger partial charge is 0.372 e.